The first kappa shape index (κ1) is 10.9. The van der Waals surface area contributed by atoms with Crippen LogP contribution in [0.25, 0.3) is 0 Å². The van der Waals surface area contributed by atoms with Gasteiger partial charge in [0.05, 0.1) is 6.04 Å². The van der Waals surface area contributed by atoms with Crippen molar-refractivity contribution < 1.29 is 4.79 Å². The summed E-state index contributed by atoms with van der Waals surface area (Å²) >= 11 is 1.95. The van der Waals surface area contributed by atoms with Crippen molar-refractivity contribution in [3.63, 3.8) is 0 Å². The van der Waals surface area contributed by atoms with E-state index in [0.717, 1.165) is 24.6 Å². The largest absolute Gasteiger partial charge is 0.351 e. The molecule has 2 heterocycles. The average Bonchev–Trinajstić information content (AvgIpc) is 2.92. The molecule has 3 nitrogen and oxygen atoms in total. The Balaban J connectivity index is 1.57. The Morgan fingerprint density at radius 2 is 2.25 bits per heavy atom. The van der Waals surface area contributed by atoms with Gasteiger partial charge in [0.1, 0.15) is 0 Å². The molecule has 0 bridgehead atoms. The Morgan fingerprint density at radius 1 is 1.31 bits per heavy atom. The van der Waals surface area contributed by atoms with Gasteiger partial charge in [0.2, 0.25) is 5.91 Å². The quantitative estimate of drug-likeness (QED) is 0.756. The minimum Gasteiger partial charge on any atom is -0.351 e. The van der Waals surface area contributed by atoms with Crippen LogP contribution in [0.4, 0.5) is 0 Å². The molecule has 1 amide bonds. The first-order chi connectivity index (χ1) is 7.84. The molecule has 3 aliphatic rings. The van der Waals surface area contributed by atoms with E-state index in [9.17, 15) is 4.79 Å². The van der Waals surface area contributed by atoms with Crippen LogP contribution in [0.2, 0.25) is 0 Å². The lowest BCUT2D eigenvalue weighted by Gasteiger charge is -2.20. The van der Waals surface area contributed by atoms with Gasteiger partial charge < -0.3 is 10.6 Å². The molecule has 3 rings (SSSR count). The van der Waals surface area contributed by atoms with Gasteiger partial charge in [-0.05, 0) is 43.4 Å². The monoisotopic (exact) mass is 240 g/mol. The lowest BCUT2D eigenvalue weighted by molar-refractivity contribution is -0.124. The molecule has 1 saturated carbocycles. The Hall–Kier alpha value is -0.220. The van der Waals surface area contributed by atoms with Crippen LogP contribution in [0.5, 0.6) is 0 Å². The van der Waals surface area contributed by atoms with Crippen molar-refractivity contribution in [2.24, 2.45) is 11.8 Å². The van der Waals surface area contributed by atoms with Crippen LogP contribution in [0.1, 0.15) is 25.7 Å². The Bertz CT molecular complexity index is 278. The fourth-order valence-electron chi connectivity index (χ4n) is 3.41. The number of hydrogen-bond donors (Lipinski definition) is 2. The average molecular weight is 240 g/mol. The maximum Gasteiger partial charge on any atom is 0.237 e. The summed E-state index contributed by atoms with van der Waals surface area (Å²) in [6, 6.07) is 0.540. The second kappa shape index (κ2) is 4.57. The molecule has 4 atom stereocenters. The number of fused-ring (bicyclic) bond motifs is 1. The third kappa shape index (κ3) is 1.97. The molecule has 3 fully saturated rings. The zero-order valence-electron chi connectivity index (χ0n) is 9.58. The minimum atomic E-state index is 0.109. The van der Waals surface area contributed by atoms with E-state index in [0.29, 0.717) is 12.0 Å². The Labute approximate surface area is 101 Å². The van der Waals surface area contributed by atoms with E-state index in [1.807, 2.05) is 11.8 Å². The van der Waals surface area contributed by atoms with E-state index in [4.69, 9.17) is 0 Å². The zero-order chi connectivity index (χ0) is 11.0. The Morgan fingerprint density at radius 3 is 3.06 bits per heavy atom. The van der Waals surface area contributed by atoms with E-state index < -0.39 is 0 Å². The van der Waals surface area contributed by atoms with Crippen molar-refractivity contribution in [1.82, 2.24) is 10.6 Å². The van der Waals surface area contributed by atoms with Crippen LogP contribution in [0.15, 0.2) is 0 Å². The number of thioether (sulfide) groups is 1. The number of carbonyl (C=O) groups is 1. The van der Waals surface area contributed by atoms with Gasteiger partial charge in [-0.15, -0.1) is 0 Å². The summed E-state index contributed by atoms with van der Waals surface area (Å²) in [4.78, 5) is 12.2. The van der Waals surface area contributed by atoms with Gasteiger partial charge in [0, 0.05) is 11.8 Å². The van der Waals surface area contributed by atoms with Gasteiger partial charge in [-0.3, -0.25) is 4.79 Å². The first-order valence-electron chi connectivity index (χ1n) is 6.46. The highest BCUT2D eigenvalue weighted by molar-refractivity contribution is 7.99. The molecule has 4 unspecified atom stereocenters. The summed E-state index contributed by atoms with van der Waals surface area (Å²) in [7, 11) is 0. The van der Waals surface area contributed by atoms with Gasteiger partial charge in [0.15, 0.2) is 0 Å². The molecule has 90 valence electrons. The molecule has 1 aliphatic carbocycles. The third-order valence-corrected chi connectivity index (χ3v) is 5.47. The molecule has 0 aromatic carbocycles. The molecule has 2 N–H and O–H groups in total. The number of rotatable bonds is 2. The maximum atomic E-state index is 12.2. The van der Waals surface area contributed by atoms with Crippen molar-refractivity contribution in [3.8, 4) is 0 Å². The fraction of sp³-hybridized carbons (Fsp3) is 0.917. The smallest absolute Gasteiger partial charge is 0.237 e. The van der Waals surface area contributed by atoms with Crippen LogP contribution in [0, 0.1) is 11.8 Å². The fourth-order valence-corrected chi connectivity index (χ4v) is 4.57. The predicted molar refractivity (Wildman–Crippen MR) is 66.5 cm³/mol. The van der Waals surface area contributed by atoms with Crippen molar-refractivity contribution in [1.29, 1.82) is 0 Å². The van der Waals surface area contributed by atoms with Gasteiger partial charge >= 0.3 is 0 Å². The molecule has 0 spiro atoms. The molecule has 0 radical (unpaired) electrons. The highest BCUT2D eigenvalue weighted by Gasteiger charge is 2.42. The number of hydrogen-bond acceptors (Lipinski definition) is 3. The van der Waals surface area contributed by atoms with E-state index in [-0.39, 0.29) is 11.9 Å². The molecule has 2 aliphatic heterocycles. The maximum absolute atomic E-state index is 12.2. The normalized spacial score (nSPS) is 42.2. The van der Waals surface area contributed by atoms with Crippen molar-refractivity contribution in [3.05, 3.63) is 0 Å². The summed E-state index contributed by atoms with van der Waals surface area (Å²) in [6.45, 7) is 1.06. The SMILES string of the molecule is O=C(NC1CCSC1)C1NCC2CCCC21. The van der Waals surface area contributed by atoms with Crippen LogP contribution >= 0.6 is 11.8 Å². The highest BCUT2D eigenvalue weighted by atomic mass is 32.2. The van der Waals surface area contributed by atoms with E-state index >= 15 is 0 Å². The van der Waals surface area contributed by atoms with E-state index in [1.54, 1.807) is 0 Å². The third-order valence-electron chi connectivity index (χ3n) is 4.30. The summed E-state index contributed by atoms with van der Waals surface area (Å²) in [6.07, 6.45) is 5.03. The summed E-state index contributed by atoms with van der Waals surface area (Å²) in [5.41, 5.74) is 0. The van der Waals surface area contributed by atoms with E-state index in [1.165, 1.54) is 25.0 Å². The molecule has 0 aromatic rings. The second-order valence-corrected chi connectivity index (χ2v) is 6.46. The second-order valence-electron chi connectivity index (χ2n) is 5.31. The number of amides is 1. The predicted octanol–water partition coefficient (Wildman–Crippen LogP) is 0.996. The molecule has 0 aromatic heterocycles. The summed E-state index contributed by atoms with van der Waals surface area (Å²) in [5.74, 6) is 3.96. The lowest BCUT2D eigenvalue weighted by atomic mass is 9.93. The molecule has 16 heavy (non-hydrogen) atoms. The van der Waals surface area contributed by atoms with Gasteiger partial charge in [-0.1, -0.05) is 6.42 Å². The van der Waals surface area contributed by atoms with Crippen molar-refractivity contribution >= 4 is 17.7 Å². The molecular formula is C12H20N2OS. The number of carbonyl (C=O) groups excluding carboxylic acids is 1. The van der Waals surface area contributed by atoms with Crippen LogP contribution in [-0.2, 0) is 4.79 Å². The first-order valence-corrected chi connectivity index (χ1v) is 7.61. The topological polar surface area (TPSA) is 41.1 Å². The van der Waals surface area contributed by atoms with Crippen molar-refractivity contribution in [2.45, 2.75) is 37.8 Å². The van der Waals surface area contributed by atoms with Crippen molar-refractivity contribution in [2.75, 3.05) is 18.1 Å². The lowest BCUT2D eigenvalue weighted by Crippen LogP contribution is -2.47. The van der Waals surface area contributed by atoms with Gasteiger partial charge in [-0.2, -0.15) is 11.8 Å². The zero-order valence-corrected chi connectivity index (χ0v) is 10.4. The van der Waals surface area contributed by atoms with Gasteiger partial charge in [0.25, 0.3) is 0 Å². The van der Waals surface area contributed by atoms with E-state index in [2.05, 4.69) is 10.6 Å². The van der Waals surface area contributed by atoms with Crippen LogP contribution < -0.4 is 10.6 Å². The summed E-state index contributed by atoms with van der Waals surface area (Å²) in [5, 5.41) is 6.62. The minimum absolute atomic E-state index is 0.109. The molecular weight excluding hydrogens is 220 g/mol. The standard InChI is InChI=1S/C12H20N2OS/c15-12(14-9-4-5-16-7-9)11-10-3-1-2-8(10)6-13-11/h8-11,13H,1-7H2,(H,14,15). The molecule has 4 heteroatoms. The van der Waals surface area contributed by atoms with Crippen LogP contribution in [0.3, 0.4) is 0 Å². The van der Waals surface area contributed by atoms with Gasteiger partial charge in [-0.25, -0.2) is 0 Å². The summed E-state index contributed by atoms with van der Waals surface area (Å²) < 4.78 is 0. The Kier molecular flexibility index (Phi) is 3.11. The highest BCUT2D eigenvalue weighted by Crippen LogP contribution is 2.37. The molecule has 2 saturated heterocycles. The van der Waals surface area contributed by atoms with Crippen LogP contribution in [-0.4, -0.2) is 36.0 Å². The number of nitrogens with one attached hydrogen (secondary N) is 2.